The van der Waals surface area contributed by atoms with Crippen molar-refractivity contribution in [2.75, 3.05) is 6.54 Å². The van der Waals surface area contributed by atoms with E-state index >= 15 is 0 Å². The van der Waals surface area contributed by atoms with Gasteiger partial charge in [0.15, 0.2) is 0 Å². The molecular formula is C26H41N5O7. The molecule has 4 atom stereocenters. The fraction of sp³-hybridized carbons (Fsp3) is 0.577. The van der Waals surface area contributed by atoms with Crippen LogP contribution in [0.25, 0.3) is 0 Å². The topological polar surface area (TPSA) is 214 Å². The molecule has 1 aromatic carbocycles. The van der Waals surface area contributed by atoms with E-state index in [9.17, 15) is 29.1 Å². The number of carbonyl (C=O) groups is 5. The molecule has 0 saturated carbocycles. The monoisotopic (exact) mass is 535 g/mol. The predicted octanol–water partition coefficient (Wildman–Crippen LogP) is 0.135. The van der Waals surface area contributed by atoms with Crippen molar-refractivity contribution in [3.05, 3.63) is 35.9 Å². The number of nitrogens with two attached hydrogens (primary N) is 2. The predicted molar refractivity (Wildman–Crippen MR) is 141 cm³/mol. The van der Waals surface area contributed by atoms with E-state index in [-0.39, 0.29) is 31.6 Å². The molecule has 212 valence electrons. The largest absolute Gasteiger partial charge is 0.481 e. The first-order valence-corrected chi connectivity index (χ1v) is 12.8. The lowest BCUT2D eigenvalue weighted by Gasteiger charge is -2.26. The van der Waals surface area contributed by atoms with Gasteiger partial charge in [-0.1, -0.05) is 44.2 Å². The first-order chi connectivity index (χ1) is 17.9. The van der Waals surface area contributed by atoms with Crippen LogP contribution in [-0.4, -0.2) is 70.6 Å². The molecule has 0 aliphatic carbocycles. The van der Waals surface area contributed by atoms with Crippen molar-refractivity contribution in [3.63, 3.8) is 0 Å². The van der Waals surface area contributed by atoms with Crippen LogP contribution in [0.3, 0.4) is 0 Å². The summed E-state index contributed by atoms with van der Waals surface area (Å²) in [5.74, 6) is -4.50. The minimum absolute atomic E-state index is 0.0436. The summed E-state index contributed by atoms with van der Waals surface area (Å²) >= 11 is 0. The van der Waals surface area contributed by atoms with Crippen molar-refractivity contribution in [2.45, 2.75) is 83.0 Å². The van der Waals surface area contributed by atoms with E-state index in [1.807, 2.05) is 44.2 Å². The Kier molecular flexibility index (Phi) is 14.6. The van der Waals surface area contributed by atoms with Gasteiger partial charge in [-0.2, -0.15) is 0 Å². The summed E-state index contributed by atoms with van der Waals surface area (Å²) in [4.78, 5) is 61.3. The quantitative estimate of drug-likeness (QED) is 0.127. The fourth-order valence-corrected chi connectivity index (χ4v) is 3.77. The standard InChI is InChI=1S/C26H41N5O7/c1-16(2)14-21(25(36)30-20(26(37)38)11-12-22(32)33)31-24(35)19(10-6-7-13-27)29-23(34)18(28)15-17-8-4-3-5-9-17/h3-5,8-9,16,18-21H,6-7,10-15,27-28H2,1-2H3,(H,29,34)(H,30,36)(H,31,35)(H,32,33)(H,37,38)/t18-,19-,20-,21-/m0/s1. The number of carboxylic acid groups (broad SMARTS) is 2. The van der Waals surface area contributed by atoms with Crippen LogP contribution < -0.4 is 27.4 Å². The van der Waals surface area contributed by atoms with Gasteiger partial charge in [-0.15, -0.1) is 0 Å². The van der Waals surface area contributed by atoms with Crippen LogP contribution in [0.1, 0.15) is 57.9 Å². The molecule has 9 N–H and O–H groups in total. The maximum Gasteiger partial charge on any atom is 0.326 e. The SMILES string of the molecule is CC(C)C[C@H](NC(=O)[C@H](CCCCN)NC(=O)[C@@H](N)Cc1ccccc1)C(=O)N[C@@H](CCC(=O)O)C(=O)O. The Labute approximate surface area is 222 Å². The zero-order chi connectivity index (χ0) is 28.7. The lowest BCUT2D eigenvalue weighted by atomic mass is 10.0. The van der Waals surface area contributed by atoms with Crippen molar-refractivity contribution in [2.24, 2.45) is 17.4 Å². The number of aliphatic carboxylic acids is 2. The second-order valence-electron chi connectivity index (χ2n) is 9.66. The summed E-state index contributed by atoms with van der Waals surface area (Å²) in [6, 6.07) is 4.79. The second-order valence-corrected chi connectivity index (χ2v) is 9.66. The molecule has 0 fully saturated rings. The van der Waals surface area contributed by atoms with Crippen LogP contribution in [-0.2, 0) is 30.4 Å². The minimum Gasteiger partial charge on any atom is -0.481 e. The van der Waals surface area contributed by atoms with Crippen LogP contribution in [0.4, 0.5) is 0 Å². The van der Waals surface area contributed by atoms with Crippen LogP contribution in [0.5, 0.6) is 0 Å². The molecule has 0 heterocycles. The van der Waals surface area contributed by atoms with Crippen molar-refractivity contribution >= 4 is 29.7 Å². The number of amides is 3. The lowest BCUT2D eigenvalue weighted by molar-refractivity contribution is -0.143. The molecule has 0 spiro atoms. The van der Waals surface area contributed by atoms with Crippen molar-refractivity contribution < 1.29 is 34.2 Å². The molecule has 1 aromatic rings. The van der Waals surface area contributed by atoms with Crippen molar-refractivity contribution in [1.82, 2.24) is 16.0 Å². The van der Waals surface area contributed by atoms with Gasteiger partial charge >= 0.3 is 11.9 Å². The van der Waals surface area contributed by atoms with E-state index in [0.717, 1.165) is 5.56 Å². The van der Waals surface area contributed by atoms with E-state index < -0.39 is 60.2 Å². The number of hydrogen-bond acceptors (Lipinski definition) is 7. The molecule has 0 bridgehead atoms. The molecule has 0 saturated heterocycles. The van der Waals surface area contributed by atoms with Crippen LogP contribution in [0, 0.1) is 5.92 Å². The van der Waals surface area contributed by atoms with Crippen LogP contribution >= 0.6 is 0 Å². The lowest BCUT2D eigenvalue weighted by Crippen LogP contribution is -2.57. The highest BCUT2D eigenvalue weighted by Crippen LogP contribution is 2.10. The average molecular weight is 536 g/mol. The van der Waals surface area contributed by atoms with Gasteiger partial charge in [-0.05, 0) is 56.6 Å². The van der Waals surface area contributed by atoms with Gasteiger partial charge < -0.3 is 37.6 Å². The first-order valence-electron chi connectivity index (χ1n) is 12.8. The van der Waals surface area contributed by atoms with Gasteiger partial charge in [0.05, 0.1) is 6.04 Å². The molecule has 12 nitrogen and oxygen atoms in total. The first kappa shape index (κ1) is 32.5. The Balaban J connectivity index is 2.96. The number of rotatable bonds is 18. The van der Waals surface area contributed by atoms with E-state index in [2.05, 4.69) is 16.0 Å². The molecule has 0 aliphatic rings. The summed E-state index contributed by atoms with van der Waals surface area (Å²) in [6.45, 7) is 4.06. The van der Waals surface area contributed by atoms with Crippen molar-refractivity contribution in [1.29, 1.82) is 0 Å². The number of nitrogens with one attached hydrogen (secondary N) is 3. The Morgan fingerprint density at radius 1 is 0.816 bits per heavy atom. The summed E-state index contributed by atoms with van der Waals surface area (Å²) < 4.78 is 0. The van der Waals surface area contributed by atoms with Crippen molar-refractivity contribution in [3.8, 4) is 0 Å². The Morgan fingerprint density at radius 2 is 1.39 bits per heavy atom. The molecule has 0 aromatic heterocycles. The Hall–Kier alpha value is -3.51. The average Bonchev–Trinajstić information content (AvgIpc) is 2.85. The summed E-state index contributed by atoms with van der Waals surface area (Å²) in [5.41, 5.74) is 12.5. The minimum atomic E-state index is -1.43. The van der Waals surface area contributed by atoms with E-state index in [1.165, 1.54) is 0 Å². The highest BCUT2D eigenvalue weighted by molar-refractivity contribution is 5.94. The molecule has 0 radical (unpaired) electrons. The smallest absolute Gasteiger partial charge is 0.326 e. The highest BCUT2D eigenvalue weighted by Gasteiger charge is 2.30. The number of carboxylic acids is 2. The summed E-state index contributed by atoms with van der Waals surface area (Å²) in [7, 11) is 0. The molecular weight excluding hydrogens is 494 g/mol. The maximum absolute atomic E-state index is 13.2. The number of unbranched alkanes of at least 4 members (excludes halogenated alkanes) is 1. The molecule has 12 heteroatoms. The van der Waals surface area contributed by atoms with Gasteiger partial charge in [0, 0.05) is 6.42 Å². The normalized spacial score (nSPS) is 14.1. The van der Waals surface area contributed by atoms with Gasteiger partial charge in [-0.25, -0.2) is 4.79 Å². The van der Waals surface area contributed by atoms with E-state index in [4.69, 9.17) is 16.6 Å². The summed E-state index contributed by atoms with van der Waals surface area (Å²) in [6.07, 6.45) is 1.14. The third-order valence-electron chi connectivity index (χ3n) is 5.82. The van der Waals surface area contributed by atoms with Gasteiger partial charge in [0.2, 0.25) is 17.7 Å². The third kappa shape index (κ3) is 12.6. The summed E-state index contributed by atoms with van der Waals surface area (Å²) in [5, 5.41) is 25.9. The van der Waals surface area contributed by atoms with E-state index in [1.54, 1.807) is 0 Å². The van der Waals surface area contributed by atoms with E-state index in [0.29, 0.717) is 19.4 Å². The second kappa shape index (κ2) is 17.1. The van der Waals surface area contributed by atoms with Crippen LogP contribution in [0.15, 0.2) is 30.3 Å². The number of carbonyl (C=O) groups excluding carboxylic acids is 3. The maximum atomic E-state index is 13.2. The van der Waals surface area contributed by atoms with Crippen LogP contribution in [0.2, 0.25) is 0 Å². The Bertz CT molecular complexity index is 926. The molecule has 1 rings (SSSR count). The fourth-order valence-electron chi connectivity index (χ4n) is 3.77. The zero-order valence-electron chi connectivity index (χ0n) is 22.0. The highest BCUT2D eigenvalue weighted by atomic mass is 16.4. The zero-order valence-corrected chi connectivity index (χ0v) is 22.0. The number of benzene rings is 1. The third-order valence-corrected chi connectivity index (χ3v) is 5.82. The molecule has 3 amide bonds. The van der Waals surface area contributed by atoms with Gasteiger partial charge in [0.1, 0.15) is 18.1 Å². The van der Waals surface area contributed by atoms with Gasteiger partial charge in [-0.3, -0.25) is 19.2 Å². The molecule has 0 unspecified atom stereocenters. The molecule has 38 heavy (non-hydrogen) atoms. The molecule has 0 aliphatic heterocycles. The Morgan fingerprint density at radius 3 is 1.95 bits per heavy atom. The number of hydrogen-bond donors (Lipinski definition) is 7. The van der Waals surface area contributed by atoms with Gasteiger partial charge in [0.25, 0.3) is 0 Å².